The highest BCUT2D eigenvalue weighted by Gasteiger charge is 2.04. The fourth-order valence-corrected chi connectivity index (χ4v) is 1.01. The van der Waals surface area contributed by atoms with E-state index in [0.717, 1.165) is 0 Å². The third-order valence-electron chi connectivity index (χ3n) is 1.73. The predicted octanol–water partition coefficient (Wildman–Crippen LogP) is 1.56. The van der Waals surface area contributed by atoms with Crippen LogP contribution in [0.5, 0.6) is 17.6 Å². The number of hydrogen-bond donors (Lipinski definition) is 2. The lowest BCUT2D eigenvalue weighted by atomic mass is 10.3. The summed E-state index contributed by atoms with van der Waals surface area (Å²) in [6.07, 6.45) is 1.29. The van der Waals surface area contributed by atoms with E-state index in [-0.39, 0.29) is 17.6 Å². The number of nitrogens with zero attached hydrogens (tertiary/aromatic N) is 2. The molecule has 0 unspecified atom stereocenters. The van der Waals surface area contributed by atoms with Crippen molar-refractivity contribution in [1.82, 2.24) is 9.97 Å². The summed E-state index contributed by atoms with van der Waals surface area (Å²) in [5.74, 6) is 0.317. The molecule has 0 atom stereocenters. The van der Waals surface area contributed by atoms with Crippen LogP contribution in [0.4, 0.5) is 5.69 Å². The summed E-state index contributed by atoms with van der Waals surface area (Å²) in [5.41, 5.74) is 5.47. The Morgan fingerprint density at radius 2 is 1.93 bits per heavy atom. The number of para-hydroxylation sites is 1. The van der Waals surface area contributed by atoms with Crippen molar-refractivity contribution in [2.45, 2.75) is 0 Å². The van der Waals surface area contributed by atoms with Gasteiger partial charge in [0.25, 0.3) is 0 Å². The molecule has 0 aliphatic rings. The topological polar surface area (TPSA) is 81.3 Å². The molecule has 0 aliphatic carbocycles. The molecule has 15 heavy (non-hydrogen) atoms. The second-order valence-corrected chi connectivity index (χ2v) is 2.85. The highest BCUT2D eigenvalue weighted by Crippen LogP contribution is 2.21. The lowest BCUT2D eigenvalue weighted by molar-refractivity contribution is 0.407. The second kappa shape index (κ2) is 3.83. The lowest BCUT2D eigenvalue weighted by Crippen LogP contribution is -1.95. The van der Waals surface area contributed by atoms with Gasteiger partial charge in [-0.2, -0.15) is 4.98 Å². The minimum absolute atomic E-state index is 0.0629. The van der Waals surface area contributed by atoms with Gasteiger partial charge in [0.15, 0.2) is 0 Å². The van der Waals surface area contributed by atoms with Crippen LogP contribution in [-0.2, 0) is 0 Å². The number of aromatic nitrogens is 2. The highest BCUT2D eigenvalue weighted by atomic mass is 16.5. The van der Waals surface area contributed by atoms with Crippen molar-refractivity contribution in [2.75, 3.05) is 5.73 Å². The summed E-state index contributed by atoms with van der Waals surface area (Å²) in [6, 6.07) is 9.11. The molecule has 76 valence electrons. The fraction of sp³-hybridized carbons (Fsp3) is 0. The minimum atomic E-state index is -0.282. The van der Waals surface area contributed by atoms with Crippen molar-refractivity contribution in [2.24, 2.45) is 0 Å². The van der Waals surface area contributed by atoms with Crippen LogP contribution < -0.4 is 10.5 Å². The molecule has 0 spiro atoms. The van der Waals surface area contributed by atoms with E-state index in [0.29, 0.717) is 5.75 Å². The molecular formula is C10H9N3O2. The van der Waals surface area contributed by atoms with Crippen molar-refractivity contribution >= 4 is 5.69 Å². The number of nitrogen functional groups attached to an aromatic ring is 1. The molecular weight excluding hydrogens is 194 g/mol. The number of nitrogens with two attached hydrogens (primary N) is 1. The first-order valence-corrected chi connectivity index (χ1v) is 4.30. The molecule has 0 amide bonds. The molecule has 1 aromatic heterocycles. The summed E-state index contributed by atoms with van der Waals surface area (Å²) in [5, 5.41) is 9.22. The molecule has 0 saturated carbocycles. The van der Waals surface area contributed by atoms with Crippen LogP contribution >= 0.6 is 0 Å². The molecule has 0 bridgehead atoms. The van der Waals surface area contributed by atoms with Gasteiger partial charge in [-0.15, -0.1) is 0 Å². The molecule has 0 radical (unpaired) electrons. The van der Waals surface area contributed by atoms with Gasteiger partial charge < -0.3 is 15.6 Å². The summed E-state index contributed by atoms with van der Waals surface area (Å²) >= 11 is 0. The molecule has 2 rings (SSSR count). The average molecular weight is 203 g/mol. The fourth-order valence-electron chi connectivity index (χ4n) is 1.01. The third kappa shape index (κ3) is 2.14. The van der Waals surface area contributed by atoms with Gasteiger partial charge in [0, 0.05) is 0 Å². The number of anilines is 1. The maximum Gasteiger partial charge on any atom is 0.325 e. The zero-order valence-corrected chi connectivity index (χ0v) is 7.79. The summed E-state index contributed by atoms with van der Waals surface area (Å²) < 4.78 is 5.28. The van der Waals surface area contributed by atoms with Crippen LogP contribution in [0.25, 0.3) is 0 Å². The van der Waals surface area contributed by atoms with Gasteiger partial charge >= 0.3 is 6.01 Å². The molecule has 2 aromatic rings. The van der Waals surface area contributed by atoms with Crippen LogP contribution in [0.2, 0.25) is 0 Å². The van der Waals surface area contributed by atoms with E-state index in [4.69, 9.17) is 10.5 Å². The van der Waals surface area contributed by atoms with E-state index in [2.05, 4.69) is 9.97 Å². The first-order valence-electron chi connectivity index (χ1n) is 4.30. The Labute approximate surface area is 86.2 Å². The van der Waals surface area contributed by atoms with Gasteiger partial charge in [0.05, 0.1) is 6.20 Å². The van der Waals surface area contributed by atoms with Crippen molar-refractivity contribution < 1.29 is 9.84 Å². The van der Waals surface area contributed by atoms with Crippen molar-refractivity contribution in [3.8, 4) is 17.6 Å². The normalized spacial score (nSPS) is 9.87. The standard InChI is InChI=1S/C10H9N3O2/c11-8-6-12-10(13-9(8)14)15-7-4-2-1-3-5-7/h1-6H,11H2,(H,12,13,14). The number of benzene rings is 1. The van der Waals surface area contributed by atoms with Gasteiger partial charge in [-0.25, -0.2) is 4.98 Å². The minimum Gasteiger partial charge on any atom is -0.492 e. The SMILES string of the molecule is Nc1cnc(Oc2ccccc2)nc1O. The molecule has 5 nitrogen and oxygen atoms in total. The first kappa shape index (κ1) is 9.26. The van der Waals surface area contributed by atoms with E-state index in [1.165, 1.54) is 6.20 Å². The first-order chi connectivity index (χ1) is 7.25. The Balaban J connectivity index is 2.22. The van der Waals surface area contributed by atoms with Gasteiger partial charge in [0.1, 0.15) is 11.4 Å². The van der Waals surface area contributed by atoms with E-state index < -0.39 is 0 Å². The smallest absolute Gasteiger partial charge is 0.325 e. The van der Waals surface area contributed by atoms with Gasteiger partial charge in [0.2, 0.25) is 5.88 Å². The van der Waals surface area contributed by atoms with Crippen LogP contribution in [0.15, 0.2) is 36.5 Å². The van der Waals surface area contributed by atoms with Crippen LogP contribution in [0.1, 0.15) is 0 Å². The molecule has 1 aromatic carbocycles. The number of hydrogen-bond acceptors (Lipinski definition) is 5. The van der Waals surface area contributed by atoms with Crippen molar-refractivity contribution in [3.05, 3.63) is 36.5 Å². The van der Waals surface area contributed by atoms with Crippen molar-refractivity contribution in [3.63, 3.8) is 0 Å². The zero-order valence-electron chi connectivity index (χ0n) is 7.79. The van der Waals surface area contributed by atoms with E-state index in [1.807, 2.05) is 18.2 Å². The van der Waals surface area contributed by atoms with Gasteiger partial charge in [-0.1, -0.05) is 18.2 Å². The summed E-state index contributed by atoms with van der Waals surface area (Å²) in [4.78, 5) is 7.48. The second-order valence-electron chi connectivity index (χ2n) is 2.85. The monoisotopic (exact) mass is 203 g/mol. The molecule has 1 heterocycles. The van der Waals surface area contributed by atoms with Gasteiger partial charge in [-0.05, 0) is 12.1 Å². The van der Waals surface area contributed by atoms with E-state index in [1.54, 1.807) is 12.1 Å². The Morgan fingerprint density at radius 1 is 1.20 bits per heavy atom. The molecule has 0 fully saturated rings. The Bertz CT molecular complexity index is 459. The quantitative estimate of drug-likeness (QED) is 0.773. The van der Waals surface area contributed by atoms with Crippen LogP contribution in [-0.4, -0.2) is 15.1 Å². The lowest BCUT2D eigenvalue weighted by Gasteiger charge is -2.03. The maximum absolute atomic E-state index is 9.22. The molecule has 0 aliphatic heterocycles. The predicted molar refractivity (Wildman–Crippen MR) is 54.6 cm³/mol. The van der Waals surface area contributed by atoms with Crippen LogP contribution in [0.3, 0.4) is 0 Å². The Hall–Kier alpha value is -2.30. The summed E-state index contributed by atoms with van der Waals surface area (Å²) in [6.45, 7) is 0. The number of rotatable bonds is 2. The Morgan fingerprint density at radius 3 is 2.60 bits per heavy atom. The maximum atomic E-state index is 9.22. The van der Waals surface area contributed by atoms with Gasteiger partial charge in [-0.3, -0.25) is 0 Å². The molecule has 0 saturated heterocycles. The molecule has 3 N–H and O–H groups in total. The average Bonchev–Trinajstić information content (AvgIpc) is 2.25. The largest absolute Gasteiger partial charge is 0.492 e. The summed E-state index contributed by atoms with van der Waals surface area (Å²) in [7, 11) is 0. The highest BCUT2D eigenvalue weighted by molar-refractivity contribution is 5.45. The van der Waals surface area contributed by atoms with E-state index >= 15 is 0 Å². The zero-order chi connectivity index (χ0) is 10.7. The third-order valence-corrected chi connectivity index (χ3v) is 1.73. The number of aromatic hydroxyl groups is 1. The molecule has 5 heteroatoms. The van der Waals surface area contributed by atoms with E-state index in [9.17, 15) is 5.11 Å². The van der Waals surface area contributed by atoms with Crippen LogP contribution in [0, 0.1) is 0 Å². The van der Waals surface area contributed by atoms with Crippen molar-refractivity contribution in [1.29, 1.82) is 0 Å². The number of ether oxygens (including phenoxy) is 1. The Kier molecular flexibility index (Phi) is 2.37.